The SMILES string of the molecule is Cc1nc(N2CCC(CCBr)C2)cc2n[nH]c(=O)n12. The van der Waals surface area contributed by atoms with Crippen LogP contribution in [-0.4, -0.2) is 38.0 Å². The van der Waals surface area contributed by atoms with Crippen molar-refractivity contribution in [1.29, 1.82) is 0 Å². The number of aryl methyl sites for hydroxylation is 1. The lowest BCUT2D eigenvalue weighted by Crippen LogP contribution is -2.22. The maximum absolute atomic E-state index is 11.6. The van der Waals surface area contributed by atoms with E-state index in [0.717, 1.165) is 30.2 Å². The number of fused-ring (bicyclic) bond motifs is 1. The van der Waals surface area contributed by atoms with Gasteiger partial charge in [-0.1, -0.05) is 15.9 Å². The van der Waals surface area contributed by atoms with Crippen molar-refractivity contribution in [3.05, 3.63) is 22.4 Å². The zero-order valence-corrected chi connectivity index (χ0v) is 12.4. The summed E-state index contributed by atoms with van der Waals surface area (Å²) in [6.07, 6.45) is 2.39. The first-order chi connectivity index (χ1) is 9.19. The summed E-state index contributed by atoms with van der Waals surface area (Å²) < 4.78 is 1.50. The lowest BCUT2D eigenvalue weighted by molar-refractivity contribution is 0.575. The van der Waals surface area contributed by atoms with E-state index in [4.69, 9.17) is 0 Å². The normalized spacial score (nSPS) is 19.5. The smallest absolute Gasteiger partial charge is 0.349 e. The minimum atomic E-state index is -0.231. The number of aromatic amines is 1. The van der Waals surface area contributed by atoms with Crippen LogP contribution >= 0.6 is 15.9 Å². The van der Waals surface area contributed by atoms with Crippen LogP contribution in [0.5, 0.6) is 0 Å². The number of aromatic nitrogens is 4. The molecule has 1 atom stereocenters. The molecule has 1 unspecified atom stereocenters. The summed E-state index contributed by atoms with van der Waals surface area (Å²) in [4.78, 5) is 18.4. The van der Waals surface area contributed by atoms with Gasteiger partial charge in [-0.25, -0.2) is 19.3 Å². The number of hydrogen-bond acceptors (Lipinski definition) is 4. The maximum Gasteiger partial charge on any atom is 0.349 e. The van der Waals surface area contributed by atoms with E-state index in [-0.39, 0.29) is 5.69 Å². The Bertz CT molecular complexity index is 649. The van der Waals surface area contributed by atoms with Crippen molar-refractivity contribution >= 4 is 27.4 Å². The largest absolute Gasteiger partial charge is 0.356 e. The van der Waals surface area contributed by atoms with Gasteiger partial charge >= 0.3 is 5.69 Å². The summed E-state index contributed by atoms with van der Waals surface area (Å²) >= 11 is 3.50. The average Bonchev–Trinajstić information content (AvgIpc) is 2.97. The average molecular weight is 326 g/mol. The van der Waals surface area contributed by atoms with Gasteiger partial charge in [-0.05, 0) is 25.7 Å². The highest BCUT2D eigenvalue weighted by Gasteiger charge is 2.23. The number of nitrogens with one attached hydrogen (secondary N) is 1. The van der Waals surface area contributed by atoms with E-state index >= 15 is 0 Å². The number of hydrogen-bond donors (Lipinski definition) is 1. The van der Waals surface area contributed by atoms with Crippen molar-refractivity contribution in [2.24, 2.45) is 5.92 Å². The highest BCUT2D eigenvalue weighted by molar-refractivity contribution is 9.09. The van der Waals surface area contributed by atoms with E-state index in [1.807, 2.05) is 13.0 Å². The Balaban J connectivity index is 1.92. The van der Waals surface area contributed by atoms with Crippen LogP contribution in [0.3, 0.4) is 0 Å². The fourth-order valence-electron chi connectivity index (χ4n) is 2.67. The molecule has 0 saturated carbocycles. The molecule has 1 N–H and O–H groups in total. The van der Waals surface area contributed by atoms with E-state index in [0.29, 0.717) is 11.5 Å². The van der Waals surface area contributed by atoms with Gasteiger partial charge in [0, 0.05) is 24.5 Å². The summed E-state index contributed by atoms with van der Waals surface area (Å²) in [5.74, 6) is 2.32. The monoisotopic (exact) mass is 325 g/mol. The Morgan fingerprint density at radius 1 is 1.58 bits per heavy atom. The summed E-state index contributed by atoms with van der Waals surface area (Å²) in [6, 6.07) is 1.88. The minimum Gasteiger partial charge on any atom is -0.356 e. The molecule has 1 aliphatic rings. The summed E-state index contributed by atoms with van der Waals surface area (Å²) in [5, 5.41) is 7.52. The first-order valence-electron chi connectivity index (χ1n) is 6.44. The van der Waals surface area contributed by atoms with E-state index in [1.54, 1.807) is 0 Å². The van der Waals surface area contributed by atoms with Crippen molar-refractivity contribution in [2.75, 3.05) is 23.3 Å². The lowest BCUT2D eigenvalue weighted by Gasteiger charge is -2.18. The molecule has 0 bridgehead atoms. The quantitative estimate of drug-likeness (QED) is 0.865. The van der Waals surface area contributed by atoms with Crippen LogP contribution < -0.4 is 10.6 Å². The number of halogens is 1. The van der Waals surface area contributed by atoms with E-state index in [1.165, 1.54) is 17.2 Å². The van der Waals surface area contributed by atoms with Crippen LogP contribution in [0, 0.1) is 12.8 Å². The Labute approximate surface area is 119 Å². The number of H-pyrrole nitrogens is 1. The van der Waals surface area contributed by atoms with E-state index in [2.05, 4.69) is 36.0 Å². The first-order valence-corrected chi connectivity index (χ1v) is 7.57. The van der Waals surface area contributed by atoms with Gasteiger partial charge in [0.05, 0.1) is 0 Å². The second-order valence-corrected chi connectivity index (χ2v) is 5.76. The molecule has 0 spiro atoms. The Morgan fingerprint density at radius 3 is 3.21 bits per heavy atom. The number of anilines is 1. The van der Waals surface area contributed by atoms with Gasteiger partial charge in [-0.2, -0.15) is 5.10 Å². The number of alkyl halides is 1. The van der Waals surface area contributed by atoms with Crippen LogP contribution in [0.4, 0.5) is 5.82 Å². The van der Waals surface area contributed by atoms with Crippen molar-refractivity contribution in [3.8, 4) is 0 Å². The molecule has 1 saturated heterocycles. The highest BCUT2D eigenvalue weighted by Crippen LogP contribution is 2.25. The second-order valence-electron chi connectivity index (χ2n) is 4.96. The molecule has 6 nitrogen and oxygen atoms in total. The zero-order chi connectivity index (χ0) is 13.4. The standard InChI is InChI=1S/C12H16BrN5O/c1-8-14-10(6-11-15-16-12(19)18(8)11)17-5-3-9(7-17)2-4-13/h6,9H,2-5,7H2,1H3,(H,16,19). The van der Waals surface area contributed by atoms with Crippen LogP contribution in [0.25, 0.3) is 5.65 Å². The molecule has 1 aliphatic heterocycles. The molecule has 3 heterocycles. The molecule has 0 aromatic carbocycles. The van der Waals surface area contributed by atoms with Gasteiger partial charge < -0.3 is 4.90 Å². The second kappa shape index (κ2) is 4.96. The number of nitrogens with zero attached hydrogens (tertiary/aromatic N) is 4. The topological polar surface area (TPSA) is 66.3 Å². The van der Waals surface area contributed by atoms with Crippen molar-refractivity contribution in [2.45, 2.75) is 19.8 Å². The third kappa shape index (κ3) is 2.27. The van der Waals surface area contributed by atoms with Crippen LogP contribution in [-0.2, 0) is 0 Å². The van der Waals surface area contributed by atoms with Crippen molar-refractivity contribution < 1.29 is 0 Å². The predicted molar refractivity (Wildman–Crippen MR) is 77.1 cm³/mol. The van der Waals surface area contributed by atoms with Crippen LogP contribution in [0.2, 0.25) is 0 Å². The fourth-order valence-corrected chi connectivity index (χ4v) is 3.32. The van der Waals surface area contributed by atoms with E-state index < -0.39 is 0 Å². The fraction of sp³-hybridized carbons (Fsp3) is 0.583. The Morgan fingerprint density at radius 2 is 2.42 bits per heavy atom. The molecule has 0 radical (unpaired) electrons. The molecule has 2 aromatic rings. The van der Waals surface area contributed by atoms with Crippen molar-refractivity contribution in [1.82, 2.24) is 19.6 Å². The minimum absolute atomic E-state index is 0.231. The summed E-state index contributed by atoms with van der Waals surface area (Å²) in [5.41, 5.74) is 0.404. The number of rotatable bonds is 3. The van der Waals surface area contributed by atoms with Gasteiger partial charge in [0.2, 0.25) is 0 Å². The molecule has 0 aliphatic carbocycles. The third-order valence-corrected chi connectivity index (χ3v) is 4.14. The van der Waals surface area contributed by atoms with Crippen LogP contribution in [0.1, 0.15) is 18.7 Å². The maximum atomic E-state index is 11.6. The van der Waals surface area contributed by atoms with Crippen LogP contribution in [0.15, 0.2) is 10.9 Å². The van der Waals surface area contributed by atoms with Gasteiger partial charge in [-0.15, -0.1) is 0 Å². The third-order valence-electron chi connectivity index (χ3n) is 3.68. The lowest BCUT2D eigenvalue weighted by atomic mass is 10.1. The van der Waals surface area contributed by atoms with Gasteiger partial charge in [0.15, 0.2) is 5.65 Å². The van der Waals surface area contributed by atoms with Gasteiger partial charge in [0.25, 0.3) is 0 Å². The molecule has 102 valence electrons. The van der Waals surface area contributed by atoms with Gasteiger partial charge in [0.1, 0.15) is 11.6 Å². The summed E-state index contributed by atoms with van der Waals surface area (Å²) in [6.45, 7) is 3.89. The molecular weight excluding hydrogens is 310 g/mol. The molecule has 1 fully saturated rings. The first kappa shape index (κ1) is 12.7. The molecule has 7 heteroatoms. The Kier molecular flexibility index (Phi) is 3.30. The predicted octanol–water partition coefficient (Wildman–Crippen LogP) is 1.34. The highest BCUT2D eigenvalue weighted by atomic mass is 79.9. The zero-order valence-electron chi connectivity index (χ0n) is 10.8. The van der Waals surface area contributed by atoms with E-state index in [9.17, 15) is 4.79 Å². The molecule has 2 aromatic heterocycles. The molecular formula is C12H16BrN5O. The molecule has 0 amide bonds. The van der Waals surface area contributed by atoms with Gasteiger partial charge in [-0.3, -0.25) is 0 Å². The Hall–Kier alpha value is -1.37. The molecule has 3 rings (SSSR count). The van der Waals surface area contributed by atoms with Crippen molar-refractivity contribution in [3.63, 3.8) is 0 Å². The summed E-state index contributed by atoms with van der Waals surface area (Å²) in [7, 11) is 0. The molecule has 19 heavy (non-hydrogen) atoms.